The lowest BCUT2D eigenvalue weighted by Crippen LogP contribution is -2.18. The summed E-state index contributed by atoms with van der Waals surface area (Å²) < 4.78 is 25.1. The van der Waals surface area contributed by atoms with Gasteiger partial charge in [0.15, 0.2) is 0 Å². The smallest absolute Gasteiger partial charge is 0.200 e. The Balaban J connectivity index is 1.83. The van der Waals surface area contributed by atoms with Crippen molar-refractivity contribution in [1.82, 2.24) is 4.83 Å². The normalized spacial score (nSPS) is 12.0. The van der Waals surface area contributed by atoms with Crippen molar-refractivity contribution in [2.24, 2.45) is 5.10 Å². The predicted molar refractivity (Wildman–Crippen MR) is 91.2 cm³/mol. The van der Waals surface area contributed by atoms with Gasteiger partial charge in [0.1, 0.15) is 0 Å². The SMILES string of the molecule is O=S(=O)(N/N=C/c1ccc(Cl)s1)c1ccc2ccccc2c1. The third-order valence-corrected chi connectivity index (χ3v) is 5.38. The van der Waals surface area contributed by atoms with Crippen molar-refractivity contribution in [2.45, 2.75) is 4.90 Å². The molecule has 4 nitrogen and oxygen atoms in total. The minimum atomic E-state index is -3.69. The number of hydrazone groups is 1. The molecule has 0 spiro atoms. The molecule has 0 amide bonds. The largest absolute Gasteiger partial charge is 0.276 e. The van der Waals surface area contributed by atoms with E-state index in [1.54, 1.807) is 30.3 Å². The van der Waals surface area contributed by atoms with Crippen molar-refractivity contribution in [3.05, 3.63) is 63.8 Å². The highest BCUT2D eigenvalue weighted by Gasteiger charge is 2.13. The van der Waals surface area contributed by atoms with Gasteiger partial charge in [-0.2, -0.15) is 13.5 Å². The topological polar surface area (TPSA) is 58.5 Å². The minimum absolute atomic E-state index is 0.174. The van der Waals surface area contributed by atoms with Gasteiger partial charge >= 0.3 is 0 Å². The molecule has 0 radical (unpaired) electrons. The molecule has 0 aliphatic rings. The molecule has 22 heavy (non-hydrogen) atoms. The summed E-state index contributed by atoms with van der Waals surface area (Å²) in [6.45, 7) is 0. The first-order valence-electron chi connectivity index (χ1n) is 6.34. The number of nitrogens with one attached hydrogen (secondary N) is 1. The first-order chi connectivity index (χ1) is 10.5. The maximum atomic E-state index is 12.2. The fourth-order valence-corrected chi connectivity index (χ4v) is 3.70. The van der Waals surface area contributed by atoms with E-state index in [1.807, 2.05) is 24.3 Å². The van der Waals surface area contributed by atoms with Crippen molar-refractivity contribution in [3.63, 3.8) is 0 Å². The fraction of sp³-hybridized carbons (Fsp3) is 0. The molecule has 7 heteroatoms. The van der Waals surface area contributed by atoms with E-state index in [0.717, 1.165) is 15.6 Å². The van der Waals surface area contributed by atoms with E-state index in [9.17, 15) is 8.42 Å². The molecule has 1 aromatic heterocycles. The molecule has 0 saturated heterocycles. The summed E-state index contributed by atoms with van der Waals surface area (Å²) in [4.78, 5) is 3.15. The number of nitrogens with zero attached hydrogens (tertiary/aromatic N) is 1. The van der Waals surface area contributed by atoms with E-state index in [0.29, 0.717) is 4.34 Å². The molecule has 3 rings (SSSR count). The number of hydrogen-bond acceptors (Lipinski definition) is 4. The first kappa shape index (κ1) is 15.0. The average Bonchev–Trinajstić information content (AvgIpc) is 2.92. The second-order valence-electron chi connectivity index (χ2n) is 4.50. The maximum Gasteiger partial charge on any atom is 0.276 e. The molecular formula is C15H11ClN2O2S2. The van der Waals surface area contributed by atoms with Crippen LogP contribution in [0.15, 0.2) is 64.6 Å². The summed E-state index contributed by atoms with van der Waals surface area (Å²) in [5.74, 6) is 0. The quantitative estimate of drug-likeness (QED) is 0.573. The molecule has 112 valence electrons. The van der Waals surface area contributed by atoms with E-state index >= 15 is 0 Å². The lowest BCUT2D eigenvalue weighted by atomic mass is 10.1. The summed E-state index contributed by atoms with van der Waals surface area (Å²) in [5.41, 5.74) is 0. The Bertz CT molecular complexity index is 949. The maximum absolute atomic E-state index is 12.2. The summed E-state index contributed by atoms with van der Waals surface area (Å²) in [5, 5.41) is 5.62. The Labute approximate surface area is 137 Å². The summed E-state index contributed by atoms with van der Waals surface area (Å²) in [6, 6.07) is 16.0. The van der Waals surface area contributed by atoms with E-state index in [2.05, 4.69) is 9.93 Å². The van der Waals surface area contributed by atoms with Crippen molar-refractivity contribution >= 4 is 49.9 Å². The Kier molecular flexibility index (Phi) is 4.15. The zero-order valence-electron chi connectivity index (χ0n) is 11.2. The molecule has 0 fully saturated rings. The van der Waals surface area contributed by atoms with Gasteiger partial charge in [-0.25, -0.2) is 4.83 Å². The molecule has 0 saturated carbocycles. The van der Waals surface area contributed by atoms with Crippen LogP contribution in [0.4, 0.5) is 0 Å². The highest BCUT2D eigenvalue weighted by molar-refractivity contribution is 7.89. The van der Waals surface area contributed by atoms with Crippen LogP contribution < -0.4 is 4.83 Å². The van der Waals surface area contributed by atoms with Crippen LogP contribution in [0.25, 0.3) is 10.8 Å². The van der Waals surface area contributed by atoms with Crippen molar-refractivity contribution < 1.29 is 8.42 Å². The number of sulfonamides is 1. The highest BCUT2D eigenvalue weighted by atomic mass is 35.5. The van der Waals surface area contributed by atoms with Crippen LogP contribution in [0.2, 0.25) is 4.34 Å². The molecule has 0 aliphatic heterocycles. The molecule has 0 bridgehead atoms. The van der Waals surface area contributed by atoms with E-state index in [-0.39, 0.29) is 4.90 Å². The monoisotopic (exact) mass is 350 g/mol. The number of benzene rings is 2. The molecule has 0 aliphatic carbocycles. The second kappa shape index (κ2) is 6.08. The fourth-order valence-electron chi connectivity index (χ4n) is 1.94. The van der Waals surface area contributed by atoms with Crippen LogP contribution in [0.1, 0.15) is 4.88 Å². The van der Waals surface area contributed by atoms with Gasteiger partial charge in [-0.05, 0) is 35.0 Å². The number of hydrogen-bond donors (Lipinski definition) is 1. The van der Waals surface area contributed by atoms with E-state index in [4.69, 9.17) is 11.6 Å². The van der Waals surface area contributed by atoms with Crippen molar-refractivity contribution in [1.29, 1.82) is 0 Å². The summed E-state index contributed by atoms with van der Waals surface area (Å²) in [6.07, 6.45) is 1.43. The van der Waals surface area contributed by atoms with Gasteiger partial charge in [-0.1, -0.05) is 41.9 Å². The van der Waals surface area contributed by atoms with Gasteiger partial charge in [-0.15, -0.1) is 11.3 Å². The molecule has 3 aromatic rings. The van der Waals surface area contributed by atoms with Gasteiger partial charge in [-0.3, -0.25) is 0 Å². The number of halogens is 1. The highest BCUT2D eigenvalue weighted by Crippen LogP contribution is 2.20. The van der Waals surface area contributed by atoms with Crippen molar-refractivity contribution in [3.8, 4) is 0 Å². The molecule has 2 aromatic carbocycles. The van der Waals surface area contributed by atoms with Crippen LogP contribution in [-0.2, 0) is 10.0 Å². The van der Waals surface area contributed by atoms with Gasteiger partial charge in [0.25, 0.3) is 10.0 Å². The lowest BCUT2D eigenvalue weighted by Gasteiger charge is -2.04. The van der Waals surface area contributed by atoms with Gasteiger partial charge < -0.3 is 0 Å². The van der Waals surface area contributed by atoms with Crippen LogP contribution in [0.3, 0.4) is 0 Å². The van der Waals surface area contributed by atoms with Gasteiger partial charge in [0.05, 0.1) is 15.4 Å². The minimum Gasteiger partial charge on any atom is -0.200 e. The van der Waals surface area contributed by atoms with Crippen LogP contribution >= 0.6 is 22.9 Å². The summed E-state index contributed by atoms with van der Waals surface area (Å²) >= 11 is 7.12. The van der Waals surface area contributed by atoms with Gasteiger partial charge in [0, 0.05) is 4.88 Å². The van der Waals surface area contributed by atoms with Crippen LogP contribution in [0.5, 0.6) is 0 Å². The second-order valence-corrected chi connectivity index (χ2v) is 7.91. The van der Waals surface area contributed by atoms with Crippen LogP contribution in [0, 0.1) is 0 Å². The number of rotatable bonds is 4. The zero-order chi connectivity index (χ0) is 15.6. The molecule has 1 N–H and O–H groups in total. The Hall–Kier alpha value is -1.89. The Morgan fingerprint density at radius 3 is 2.55 bits per heavy atom. The van der Waals surface area contributed by atoms with Crippen molar-refractivity contribution in [2.75, 3.05) is 0 Å². The predicted octanol–water partition coefficient (Wildman–Crippen LogP) is 3.87. The Morgan fingerprint density at radius 1 is 1.05 bits per heavy atom. The molecule has 1 heterocycles. The average molecular weight is 351 g/mol. The molecule has 0 atom stereocenters. The van der Waals surface area contributed by atoms with Gasteiger partial charge in [0.2, 0.25) is 0 Å². The lowest BCUT2D eigenvalue weighted by molar-refractivity contribution is 0.585. The number of thiophene rings is 1. The van der Waals surface area contributed by atoms with E-state index < -0.39 is 10.0 Å². The third-order valence-electron chi connectivity index (χ3n) is 2.99. The zero-order valence-corrected chi connectivity index (χ0v) is 13.6. The first-order valence-corrected chi connectivity index (χ1v) is 9.01. The number of fused-ring (bicyclic) bond motifs is 1. The van der Waals surface area contributed by atoms with Crippen LogP contribution in [-0.4, -0.2) is 14.6 Å². The Morgan fingerprint density at radius 2 is 1.82 bits per heavy atom. The van der Waals surface area contributed by atoms with E-state index in [1.165, 1.54) is 17.6 Å². The standard InChI is InChI=1S/C15H11ClN2O2S2/c16-15-8-6-13(21-15)10-17-18-22(19,20)14-7-5-11-3-1-2-4-12(11)9-14/h1-10,18H/b17-10+. The third kappa shape index (κ3) is 3.30. The molecule has 0 unspecified atom stereocenters. The summed E-state index contributed by atoms with van der Waals surface area (Å²) in [7, 11) is -3.69. The molecular weight excluding hydrogens is 340 g/mol.